The maximum absolute atomic E-state index is 11.1. The Hall–Kier alpha value is -2.18. The number of carbonyl (C=O) groups excluding carboxylic acids is 1. The van der Waals surface area contributed by atoms with Crippen molar-refractivity contribution >= 4 is 17.4 Å². The van der Waals surface area contributed by atoms with Gasteiger partial charge in [0, 0.05) is 11.8 Å². The fourth-order valence-corrected chi connectivity index (χ4v) is 1.16. The van der Waals surface area contributed by atoms with Crippen LogP contribution in [0.5, 0.6) is 0 Å². The molecular weight excluding hydrogens is 224 g/mol. The zero-order valence-electron chi connectivity index (χ0n) is 9.85. The van der Waals surface area contributed by atoms with Crippen LogP contribution in [0.4, 0.5) is 11.5 Å². The quantitative estimate of drug-likeness (QED) is 0.599. The number of nitrogens with two attached hydrogens (primary N) is 1. The third-order valence-electron chi connectivity index (χ3n) is 2.33. The number of pyridine rings is 1. The summed E-state index contributed by atoms with van der Waals surface area (Å²) < 4.78 is 0. The summed E-state index contributed by atoms with van der Waals surface area (Å²) >= 11 is 0. The van der Waals surface area contributed by atoms with E-state index >= 15 is 0 Å². The van der Waals surface area contributed by atoms with E-state index in [1.807, 2.05) is 0 Å². The molecule has 0 aromatic carbocycles. The molecule has 0 aliphatic rings. The second kappa shape index (κ2) is 4.36. The first-order valence-electron chi connectivity index (χ1n) is 4.93. The molecule has 1 aromatic heterocycles. The van der Waals surface area contributed by atoms with Crippen molar-refractivity contribution in [3.05, 3.63) is 27.9 Å². The molecule has 1 rings (SSSR count). The average molecular weight is 238 g/mol. The van der Waals surface area contributed by atoms with Gasteiger partial charge in [-0.15, -0.1) is 0 Å². The lowest BCUT2D eigenvalue weighted by atomic mass is 10.1. The first kappa shape index (κ1) is 12.9. The number of hydrogen-bond acceptors (Lipinski definition) is 5. The van der Waals surface area contributed by atoms with Crippen molar-refractivity contribution < 1.29 is 9.72 Å². The van der Waals surface area contributed by atoms with Gasteiger partial charge in [0.05, 0.1) is 11.0 Å². The lowest BCUT2D eigenvalue weighted by molar-refractivity contribution is -0.385. The molecule has 0 unspecified atom stereocenters. The van der Waals surface area contributed by atoms with Crippen molar-refractivity contribution in [2.24, 2.45) is 5.73 Å². The maximum Gasteiger partial charge on any atom is 0.277 e. The third-order valence-corrected chi connectivity index (χ3v) is 2.33. The van der Waals surface area contributed by atoms with Crippen LogP contribution in [-0.2, 0) is 4.79 Å². The molecule has 17 heavy (non-hydrogen) atoms. The van der Waals surface area contributed by atoms with Gasteiger partial charge in [-0.25, -0.2) is 4.98 Å². The number of hydrogen-bond donors (Lipinski definition) is 2. The smallest absolute Gasteiger partial charge is 0.277 e. The third kappa shape index (κ3) is 2.90. The molecule has 1 aromatic rings. The average Bonchev–Trinajstić information content (AvgIpc) is 2.20. The second-order valence-corrected chi connectivity index (χ2v) is 4.23. The van der Waals surface area contributed by atoms with E-state index in [4.69, 9.17) is 5.73 Å². The molecule has 0 bridgehead atoms. The summed E-state index contributed by atoms with van der Waals surface area (Å²) in [5.41, 5.74) is 4.57. The zero-order chi connectivity index (χ0) is 13.2. The monoisotopic (exact) mass is 238 g/mol. The molecular formula is C10H14N4O3. The molecule has 0 spiro atoms. The van der Waals surface area contributed by atoms with E-state index in [1.165, 1.54) is 12.3 Å². The van der Waals surface area contributed by atoms with Gasteiger partial charge in [0.15, 0.2) is 0 Å². The van der Waals surface area contributed by atoms with Crippen molar-refractivity contribution in [1.82, 2.24) is 4.98 Å². The van der Waals surface area contributed by atoms with Gasteiger partial charge in [-0.05, 0) is 20.8 Å². The largest absolute Gasteiger partial charge is 0.368 e. The van der Waals surface area contributed by atoms with Crippen molar-refractivity contribution in [1.29, 1.82) is 0 Å². The Morgan fingerprint density at radius 3 is 2.65 bits per heavy atom. The highest BCUT2D eigenvalue weighted by Gasteiger charge is 2.25. The molecule has 92 valence electrons. The fourth-order valence-electron chi connectivity index (χ4n) is 1.16. The minimum atomic E-state index is -1.02. The first-order valence-corrected chi connectivity index (χ1v) is 4.93. The van der Waals surface area contributed by atoms with Gasteiger partial charge in [-0.2, -0.15) is 0 Å². The highest BCUT2D eigenvalue weighted by atomic mass is 16.6. The zero-order valence-corrected chi connectivity index (χ0v) is 9.85. The summed E-state index contributed by atoms with van der Waals surface area (Å²) in [4.78, 5) is 25.3. The Balaban J connectivity index is 3.05. The maximum atomic E-state index is 11.1. The lowest BCUT2D eigenvalue weighted by Gasteiger charge is -2.22. The Bertz CT molecular complexity index is 471. The summed E-state index contributed by atoms with van der Waals surface area (Å²) in [7, 11) is 0. The molecule has 0 fully saturated rings. The molecule has 0 saturated heterocycles. The van der Waals surface area contributed by atoms with E-state index in [9.17, 15) is 14.9 Å². The number of nitrogens with one attached hydrogen (secondary N) is 1. The number of rotatable bonds is 4. The SMILES string of the molecule is Cc1cnc(NC(C)(C)C(N)=O)cc1[N+](=O)[O-]. The summed E-state index contributed by atoms with van der Waals surface area (Å²) in [5.74, 6) is -0.325. The van der Waals surface area contributed by atoms with Crippen LogP contribution in [0.25, 0.3) is 0 Å². The van der Waals surface area contributed by atoms with Crippen LogP contribution in [0.1, 0.15) is 19.4 Å². The van der Waals surface area contributed by atoms with Gasteiger partial charge >= 0.3 is 0 Å². The minimum absolute atomic E-state index is 0.0530. The van der Waals surface area contributed by atoms with Crippen LogP contribution in [0.2, 0.25) is 0 Å². The molecule has 1 amide bonds. The van der Waals surface area contributed by atoms with Crippen LogP contribution in [0, 0.1) is 17.0 Å². The summed E-state index contributed by atoms with van der Waals surface area (Å²) in [6.07, 6.45) is 1.37. The van der Waals surface area contributed by atoms with Gasteiger partial charge in [0.2, 0.25) is 5.91 Å². The number of nitro groups is 1. The molecule has 0 saturated carbocycles. The standard InChI is InChI=1S/C10H14N4O3/c1-6-5-12-8(4-7(6)14(16)17)13-10(2,3)9(11)15/h4-5H,1-3H3,(H2,11,15)(H,12,13). The van der Waals surface area contributed by atoms with Gasteiger partial charge in [0.25, 0.3) is 5.69 Å². The van der Waals surface area contributed by atoms with Gasteiger partial charge in [-0.1, -0.05) is 0 Å². The van der Waals surface area contributed by atoms with E-state index in [0.717, 1.165) is 0 Å². The molecule has 0 aliphatic carbocycles. The van der Waals surface area contributed by atoms with Crippen LogP contribution < -0.4 is 11.1 Å². The second-order valence-electron chi connectivity index (χ2n) is 4.23. The predicted molar refractivity (Wildman–Crippen MR) is 62.5 cm³/mol. The molecule has 0 aliphatic heterocycles. The predicted octanol–water partition coefficient (Wildman–Crippen LogP) is 0.974. The van der Waals surface area contributed by atoms with E-state index in [2.05, 4.69) is 10.3 Å². The summed E-state index contributed by atoms with van der Waals surface area (Å²) in [5, 5.41) is 13.5. The normalized spacial score (nSPS) is 11.0. The number of nitrogens with zero attached hydrogens (tertiary/aromatic N) is 2. The number of anilines is 1. The van der Waals surface area contributed by atoms with E-state index in [-0.39, 0.29) is 11.5 Å². The topological polar surface area (TPSA) is 111 Å². The molecule has 7 heteroatoms. The van der Waals surface area contributed by atoms with Crippen LogP contribution in [0.15, 0.2) is 12.3 Å². The van der Waals surface area contributed by atoms with E-state index in [0.29, 0.717) is 5.56 Å². The van der Waals surface area contributed by atoms with Gasteiger partial charge in [-0.3, -0.25) is 14.9 Å². The number of aryl methyl sites for hydroxylation is 1. The van der Waals surface area contributed by atoms with Gasteiger partial charge in [0.1, 0.15) is 11.4 Å². The molecule has 1 heterocycles. The fraction of sp³-hybridized carbons (Fsp3) is 0.400. The lowest BCUT2D eigenvalue weighted by Crippen LogP contribution is -2.45. The molecule has 3 N–H and O–H groups in total. The van der Waals surface area contributed by atoms with E-state index in [1.54, 1.807) is 20.8 Å². The van der Waals surface area contributed by atoms with Crippen LogP contribution >= 0.6 is 0 Å². The Morgan fingerprint density at radius 1 is 1.59 bits per heavy atom. The number of carbonyl (C=O) groups is 1. The number of amides is 1. The van der Waals surface area contributed by atoms with Crippen molar-refractivity contribution in [3.8, 4) is 0 Å². The Kier molecular flexibility index (Phi) is 3.31. The molecule has 0 atom stereocenters. The minimum Gasteiger partial charge on any atom is -0.368 e. The first-order chi connectivity index (χ1) is 7.74. The highest BCUT2D eigenvalue weighted by Crippen LogP contribution is 2.21. The van der Waals surface area contributed by atoms with Crippen molar-refractivity contribution in [2.75, 3.05) is 5.32 Å². The molecule has 7 nitrogen and oxygen atoms in total. The van der Waals surface area contributed by atoms with Crippen molar-refractivity contribution in [2.45, 2.75) is 26.3 Å². The summed E-state index contributed by atoms with van der Waals surface area (Å²) in [6.45, 7) is 4.74. The number of primary amides is 1. The van der Waals surface area contributed by atoms with E-state index < -0.39 is 16.4 Å². The Labute approximate surface area is 98.2 Å². The van der Waals surface area contributed by atoms with Crippen LogP contribution in [-0.4, -0.2) is 21.4 Å². The Morgan fingerprint density at radius 2 is 2.18 bits per heavy atom. The highest BCUT2D eigenvalue weighted by molar-refractivity contribution is 5.86. The van der Waals surface area contributed by atoms with Gasteiger partial charge < -0.3 is 11.1 Å². The number of aromatic nitrogens is 1. The summed E-state index contributed by atoms with van der Waals surface area (Å²) in [6, 6.07) is 1.28. The van der Waals surface area contributed by atoms with Crippen molar-refractivity contribution in [3.63, 3.8) is 0 Å². The molecule has 0 radical (unpaired) electrons. The van der Waals surface area contributed by atoms with Crippen LogP contribution in [0.3, 0.4) is 0 Å².